The van der Waals surface area contributed by atoms with Crippen LogP contribution in [-0.2, 0) is 9.47 Å². The Kier molecular flexibility index (Phi) is 6.57. The van der Waals surface area contributed by atoms with E-state index in [1.807, 2.05) is 34.1 Å². The van der Waals surface area contributed by atoms with E-state index >= 15 is 0 Å². The third-order valence-corrected chi connectivity index (χ3v) is 1.09. The molecule has 0 aliphatic heterocycles. The smallest absolute Gasteiger partial charge is 0.0524 e. The molecule has 0 aliphatic carbocycles. The van der Waals surface area contributed by atoms with Crippen molar-refractivity contribution in [3.05, 3.63) is 6.42 Å². The number of rotatable bonds is 6. The molecule has 0 bridgehead atoms. The molecular formula is C9H19O2. The number of hydrogen-bond acceptors (Lipinski definition) is 2. The van der Waals surface area contributed by atoms with Crippen LogP contribution in [0.5, 0.6) is 0 Å². The zero-order valence-electron chi connectivity index (χ0n) is 7.96. The van der Waals surface area contributed by atoms with E-state index in [0.717, 1.165) is 0 Å². The number of hydrogen-bond donors (Lipinski definition) is 0. The summed E-state index contributed by atoms with van der Waals surface area (Å²) in [6.07, 6.45) is 2.62. The molecule has 0 rings (SSSR count). The maximum atomic E-state index is 5.29. The first-order valence-electron chi connectivity index (χ1n) is 4.17. The summed E-state index contributed by atoms with van der Waals surface area (Å²) in [6.45, 7) is 9.47. The van der Waals surface area contributed by atoms with Gasteiger partial charge in [-0.3, -0.25) is 0 Å². The van der Waals surface area contributed by atoms with Gasteiger partial charge in [-0.2, -0.15) is 0 Å². The van der Waals surface area contributed by atoms with Crippen molar-refractivity contribution in [1.29, 1.82) is 0 Å². The van der Waals surface area contributed by atoms with Crippen LogP contribution in [0.4, 0.5) is 0 Å². The van der Waals surface area contributed by atoms with E-state index in [1.54, 1.807) is 0 Å². The Labute approximate surface area is 69.9 Å². The molecule has 0 unspecified atom stereocenters. The van der Waals surface area contributed by atoms with Gasteiger partial charge in [0.25, 0.3) is 0 Å². The summed E-state index contributed by atoms with van der Waals surface area (Å²) in [5, 5.41) is 0. The minimum atomic E-state index is 0.310. The third-order valence-electron chi connectivity index (χ3n) is 1.09. The second-order valence-electron chi connectivity index (χ2n) is 3.05. The van der Waals surface area contributed by atoms with Crippen molar-refractivity contribution < 1.29 is 9.47 Å². The first-order chi connectivity index (χ1) is 5.13. The maximum Gasteiger partial charge on any atom is 0.0524 e. The van der Waals surface area contributed by atoms with Crippen LogP contribution in [0.3, 0.4) is 0 Å². The van der Waals surface area contributed by atoms with Crippen LogP contribution in [0.15, 0.2) is 0 Å². The Morgan fingerprint density at radius 3 is 1.55 bits per heavy atom. The Hall–Kier alpha value is -0.0800. The van der Waals surface area contributed by atoms with Gasteiger partial charge in [-0.05, 0) is 27.7 Å². The van der Waals surface area contributed by atoms with Gasteiger partial charge >= 0.3 is 0 Å². The van der Waals surface area contributed by atoms with E-state index in [4.69, 9.17) is 9.47 Å². The first-order valence-corrected chi connectivity index (χ1v) is 4.17. The zero-order valence-corrected chi connectivity index (χ0v) is 7.96. The lowest BCUT2D eigenvalue weighted by atomic mass is 10.4. The molecule has 2 nitrogen and oxygen atoms in total. The minimum Gasteiger partial charge on any atom is -0.378 e. The van der Waals surface area contributed by atoms with Crippen LogP contribution in [0.1, 0.15) is 27.7 Å². The SMILES string of the molecule is CC(C)OC[CH]COC(C)C. The molecule has 0 amide bonds. The quantitative estimate of drug-likeness (QED) is 0.552. The monoisotopic (exact) mass is 159 g/mol. The molecule has 0 aliphatic rings. The fourth-order valence-corrected chi connectivity index (χ4v) is 0.569. The summed E-state index contributed by atoms with van der Waals surface area (Å²) in [7, 11) is 0. The van der Waals surface area contributed by atoms with Crippen molar-refractivity contribution in [2.45, 2.75) is 39.9 Å². The molecule has 0 spiro atoms. The van der Waals surface area contributed by atoms with Crippen molar-refractivity contribution >= 4 is 0 Å². The van der Waals surface area contributed by atoms with Crippen molar-refractivity contribution in [1.82, 2.24) is 0 Å². The largest absolute Gasteiger partial charge is 0.378 e. The van der Waals surface area contributed by atoms with E-state index in [9.17, 15) is 0 Å². The van der Waals surface area contributed by atoms with Gasteiger partial charge in [0, 0.05) is 6.42 Å². The Morgan fingerprint density at radius 2 is 1.27 bits per heavy atom. The molecule has 0 aromatic carbocycles. The third kappa shape index (κ3) is 9.92. The minimum absolute atomic E-state index is 0.310. The highest BCUT2D eigenvalue weighted by atomic mass is 16.5. The summed E-state index contributed by atoms with van der Waals surface area (Å²) in [4.78, 5) is 0. The normalized spacial score (nSPS) is 11.5. The van der Waals surface area contributed by atoms with Gasteiger partial charge in [0.1, 0.15) is 0 Å². The van der Waals surface area contributed by atoms with Crippen LogP contribution in [-0.4, -0.2) is 25.4 Å². The molecule has 0 atom stereocenters. The van der Waals surface area contributed by atoms with Gasteiger partial charge in [-0.25, -0.2) is 0 Å². The molecule has 0 saturated carbocycles. The fraction of sp³-hybridized carbons (Fsp3) is 0.889. The molecule has 11 heavy (non-hydrogen) atoms. The molecule has 1 radical (unpaired) electrons. The van der Waals surface area contributed by atoms with Crippen LogP contribution in [0.2, 0.25) is 0 Å². The lowest BCUT2D eigenvalue weighted by Crippen LogP contribution is -2.10. The second-order valence-corrected chi connectivity index (χ2v) is 3.05. The average Bonchev–Trinajstić information content (AvgIpc) is 1.85. The standard InChI is InChI=1S/C9H19O2/c1-8(2)10-6-5-7-11-9(3)4/h5,8-9H,6-7H2,1-4H3. The second kappa shape index (κ2) is 6.62. The lowest BCUT2D eigenvalue weighted by molar-refractivity contribution is 0.0616. The topological polar surface area (TPSA) is 18.5 Å². The predicted molar refractivity (Wildman–Crippen MR) is 46.5 cm³/mol. The van der Waals surface area contributed by atoms with Gasteiger partial charge in [-0.15, -0.1) is 0 Å². The molecule has 0 aromatic heterocycles. The molecular weight excluding hydrogens is 140 g/mol. The van der Waals surface area contributed by atoms with Gasteiger partial charge < -0.3 is 9.47 Å². The van der Waals surface area contributed by atoms with Crippen LogP contribution < -0.4 is 0 Å². The van der Waals surface area contributed by atoms with E-state index < -0.39 is 0 Å². The molecule has 0 aromatic rings. The molecule has 0 N–H and O–H groups in total. The zero-order chi connectivity index (χ0) is 8.69. The summed E-state index contributed by atoms with van der Waals surface area (Å²) >= 11 is 0. The summed E-state index contributed by atoms with van der Waals surface area (Å²) < 4.78 is 10.6. The van der Waals surface area contributed by atoms with E-state index in [2.05, 4.69) is 0 Å². The molecule has 2 heteroatoms. The molecule has 67 valence electrons. The highest BCUT2D eigenvalue weighted by molar-refractivity contribution is 4.62. The maximum absolute atomic E-state index is 5.29. The summed E-state index contributed by atoms with van der Waals surface area (Å²) in [6, 6.07) is 0. The Morgan fingerprint density at radius 1 is 0.909 bits per heavy atom. The highest BCUT2D eigenvalue weighted by Gasteiger charge is 1.95. The number of ether oxygens (including phenoxy) is 2. The van der Waals surface area contributed by atoms with E-state index in [-0.39, 0.29) is 0 Å². The Bertz CT molecular complexity index is 69.6. The van der Waals surface area contributed by atoms with Gasteiger partial charge in [0.15, 0.2) is 0 Å². The van der Waals surface area contributed by atoms with Crippen molar-refractivity contribution in [3.63, 3.8) is 0 Å². The fourth-order valence-electron chi connectivity index (χ4n) is 0.569. The Balaban J connectivity index is 2.91. The van der Waals surface area contributed by atoms with Crippen molar-refractivity contribution in [2.75, 3.05) is 13.2 Å². The summed E-state index contributed by atoms with van der Waals surface area (Å²) in [5.41, 5.74) is 0. The molecule has 0 fully saturated rings. The van der Waals surface area contributed by atoms with E-state index in [0.29, 0.717) is 25.4 Å². The predicted octanol–water partition coefficient (Wildman–Crippen LogP) is 2.04. The lowest BCUT2D eigenvalue weighted by Gasteiger charge is -2.08. The first kappa shape index (κ1) is 10.9. The van der Waals surface area contributed by atoms with Gasteiger partial charge in [0.2, 0.25) is 0 Å². The van der Waals surface area contributed by atoms with Crippen LogP contribution in [0.25, 0.3) is 0 Å². The van der Waals surface area contributed by atoms with Crippen LogP contribution >= 0.6 is 0 Å². The molecule has 0 saturated heterocycles. The summed E-state index contributed by atoms with van der Waals surface area (Å²) in [5.74, 6) is 0. The van der Waals surface area contributed by atoms with Crippen molar-refractivity contribution in [3.8, 4) is 0 Å². The van der Waals surface area contributed by atoms with Gasteiger partial charge in [-0.1, -0.05) is 0 Å². The van der Waals surface area contributed by atoms with Gasteiger partial charge in [0.05, 0.1) is 25.4 Å². The van der Waals surface area contributed by atoms with Crippen molar-refractivity contribution in [2.24, 2.45) is 0 Å². The average molecular weight is 159 g/mol. The molecule has 0 heterocycles. The highest BCUT2D eigenvalue weighted by Crippen LogP contribution is 1.92. The van der Waals surface area contributed by atoms with E-state index in [1.165, 1.54) is 0 Å². The van der Waals surface area contributed by atoms with Crippen LogP contribution in [0, 0.1) is 6.42 Å².